The van der Waals surface area contributed by atoms with Crippen LogP contribution in [-0.4, -0.2) is 33.8 Å². The van der Waals surface area contributed by atoms with Gasteiger partial charge in [0.1, 0.15) is 0 Å². The number of nitrogens with one attached hydrogen (secondary N) is 1. The molecule has 1 saturated heterocycles. The van der Waals surface area contributed by atoms with Gasteiger partial charge < -0.3 is 14.8 Å². The van der Waals surface area contributed by atoms with Crippen molar-refractivity contribution in [1.29, 1.82) is 0 Å². The van der Waals surface area contributed by atoms with Crippen LogP contribution in [0.4, 0.5) is 24.8 Å². The van der Waals surface area contributed by atoms with E-state index in [1.54, 1.807) is 19.9 Å². The van der Waals surface area contributed by atoms with Crippen molar-refractivity contribution >= 4 is 29.5 Å². The fourth-order valence-corrected chi connectivity index (χ4v) is 2.91. The molecule has 8 nitrogen and oxygen atoms in total. The zero-order chi connectivity index (χ0) is 21.3. The number of aliphatic imine (C=N–C) groups is 1. The normalized spacial score (nSPS) is 18.7. The maximum absolute atomic E-state index is 13.1. The molecular weight excluding hydrogens is 391 g/mol. The molecule has 0 spiro atoms. The number of carbonyl (C=O) groups excluding carboxylic acids is 2. The van der Waals surface area contributed by atoms with Crippen molar-refractivity contribution < 1.29 is 27.9 Å². The second kappa shape index (κ2) is 7.49. The summed E-state index contributed by atoms with van der Waals surface area (Å²) in [5.74, 6) is -2.69. The monoisotopic (exact) mass is 406 g/mol. The summed E-state index contributed by atoms with van der Waals surface area (Å²) >= 11 is 0. The third kappa shape index (κ3) is 4.50. The Balaban J connectivity index is 2.15. The van der Waals surface area contributed by atoms with Crippen LogP contribution in [0.3, 0.4) is 0 Å². The smallest absolute Gasteiger partial charge is 0.416 e. The minimum Gasteiger partial charge on any atom is -0.548 e. The molecule has 0 bridgehead atoms. The number of benzene rings is 1. The maximum atomic E-state index is 13.1. The first kappa shape index (κ1) is 20.2. The molecule has 1 aromatic carbocycles. The highest BCUT2D eigenvalue weighted by Gasteiger charge is 2.36. The van der Waals surface area contributed by atoms with E-state index in [9.17, 15) is 27.9 Å². The minimum absolute atomic E-state index is 0.0752. The third-order valence-corrected chi connectivity index (χ3v) is 4.07. The Morgan fingerprint density at radius 3 is 2.48 bits per heavy atom. The Hall–Kier alpha value is -3.50. The van der Waals surface area contributed by atoms with Crippen molar-refractivity contribution in [3.63, 3.8) is 0 Å². The van der Waals surface area contributed by atoms with E-state index in [1.165, 1.54) is 6.07 Å². The largest absolute Gasteiger partial charge is 0.548 e. The SMILES string of the molecule is Cc1cc(C)nc(/N=C2\NC(=O)C[C@@H](C(=O)[O-])N2c2cccc(C(F)(F)F)c2)n1. The van der Waals surface area contributed by atoms with Gasteiger partial charge >= 0.3 is 6.18 Å². The van der Waals surface area contributed by atoms with Gasteiger partial charge in [0.2, 0.25) is 11.9 Å². The van der Waals surface area contributed by atoms with E-state index in [-0.39, 0.29) is 17.6 Å². The molecule has 2 aromatic rings. The molecule has 11 heteroatoms. The lowest BCUT2D eigenvalue weighted by molar-refractivity contribution is -0.307. The number of aryl methyl sites for hydroxylation is 2. The molecule has 0 saturated carbocycles. The van der Waals surface area contributed by atoms with Gasteiger partial charge in [-0.3, -0.25) is 10.1 Å². The highest BCUT2D eigenvalue weighted by atomic mass is 19.4. The lowest BCUT2D eigenvalue weighted by atomic mass is 10.1. The summed E-state index contributed by atoms with van der Waals surface area (Å²) in [6.45, 7) is 3.37. The standard InChI is InChI=1S/C18H16F3N5O3/c1-9-6-10(2)23-16(22-9)25-17-24-14(27)8-13(15(28)29)26(17)12-5-3-4-11(7-12)18(19,20)21/h3-7,13H,8H2,1-2H3,(H,28,29)(H,22,23,24,25,27)/p-1/t13-/m0/s1. The number of guanidine groups is 1. The summed E-state index contributed by atoms with van der Waals surface area (Å²) in [4.78, 5) is 36.8. The van der Waals surface area contributed by atoms with Crippen LogP contribution in [-0.2, 0) is 15.8 Å². The number of aliphatic carboxylic acids is 1. The van der Waals surface area contributed by atoms with Crippen molar-refractivity contribution in [1.82, 2.24) is 15.3 Å². The van der Waals surface area contributed by atoms with Crippen LogP contribution in [0.1, 0.15) is 23.4 Å². The first-order valence-electron chi connectivity index (χ1n) is 8.43. The van der Waals surface area contributed by atoms with Gasteiger partial charge in [0.15, 0.2) is 0 Å². The molecule has 1 N–H and O–H groups in total. The lowest BCUT2D eigenvalue weighted by Crippen LogP contribution is -2.61. The summed E-state index contributed by atoms with van der Waals surface area (Å²) in [5, 5.41) is 14.0. The summed E-state index contributed by atoms with van der Waals surface area (Å²) in [6, 6.07) is 4.15. The van der Waals surface area contributed by atoms with Crippen LogP contribution in [0, 0.1) is 13.8 Å². The van der Waals surface area contributed by atoms with E-state index >= 15 is 0 Å². The predicted molar refractivity (Wildman–Crippen MR) is 94.1 cm³/mol. The van der Waals surface area contributed by atoms with Crippen LogP contribution < -0.4 is 15.3 Å². The Morgan fingerprint density at radius 1 is 1.24 bits per heavy atom. The first-order valence-corrected chi connectivity index (χ1v) is 8.43. The Morgan fingerprint density at radius 2 is 1.90 bits per heavy atom. The number of halogens is 3. The van der Waals surface area contributed by atoms with Gasteiger partial charge in [0.25, 0.3) is 5.95 Å². The van der Waals surface area contributed by atoms with E-state index in [0.717, 1.165) is 23.1 Å². The number of alkyl halides is 3. The van der Waals surface area contributed by atoms with Gasteiger partial charge in [0, 0.05) is 17.1 Å². The molecule has 0 aliphatic carbocycles. The average Bonchev–Trinajstić information content (AvgIpc) is 2.59. The number of rotatable bonds is 3. The molecule has 1 aliphatic heterocycles. The summed E-state index contributed by atoms with van der Waals surface area (Å²) in [6.07, 6.45) is -5.16. The number of hydrogen-bond acceptors (Lipinski definition) is 6. The van der Waals surface area contributed by atoms with E-state index in [1.807, 2.05) is 0 Å². The number of hydrogen-bond donors (Lipinski definition) is 1. The first-order chi connectivity index (χ1) is 13.5. The molecule has 152 valence electrons. The molecule has 29 heavy (non-hydrogen) atoms. The lowest BCUT2D eigenvalue weighted by Gasteiger charge is -2.38. The number of carboxylic acids is 1. The summed E-state index contributed by atoms with van der Waals surface area (Å²) in [7, 11) is 0. The molecule has 0 unspecified atom stereocenters. The number of aromatic nitrogens is 2. The highest BCUT2D eigenvalue weighted by molar-refractivity contribution is 6.13. The molecule has 1 fully saturated rings. The number of amides is 1. The molecule has 1 amide bonds. The van der Waals surface area contributed by atoms with Gasteiger partial charge in [-0.2, -0.15) is 18.2 Å². The molecule has 0 radical (unpaired) electrons. The maximum Gasteiger partial charge on any atom is 0.416 e. The van der Waals surface area contributed by atoms with Crippen molar-refractivity contribution in [2.45, 2.75) is 32.5 Å². The van der Waals surface area contributed by atoms with E-state index in [0.29, 0.717) is 11.4 Å². The van der Waals surface area contributed by atoms with Crippen molar-refractivity contribution in [2.75, 3.05) is 4.90 Å². The second-order valence-corrected chi connectivity index (χ2v) is 6.39. The van der Waals surface area contributed by atoms with Crippen LogP contribution >= 0.6 is 0 Å². The van der Waals surface area contributed by atoms with Crippen LogP contribution in [0.15, 0.2) is 35.3 Å². The molecular formula is C18H15F3N5O3-. The molecule has 1 atom stereocenters. The summed E-state index contributed by atoms with van der Waals surface area (Å²) < 4.78 is 39.4. The van der Waals surface area contributed by atoms with Gasteiger partial charge in [-0.05, 0) is 38.1 Å². The van der Waals surface area contributed by atoms with E-state index < -0.39 is 36.1 Å². The molecule has 2 heterocycles. The number of nitrogens with zero attached hydrogens (tertiary/aromatic N) is 4. The third-order valence-electron chi connectivity index (χ3n) is 4.07. The Labute approximate surface area is 163 Å². The van der Waals surface area contributed by atoms with Gasteiger partial charge in [0.05, 0.1) is 24.0 Å². The molecule has 3 rings (SSSR count). The highest BCUT2D eigenvalue weighted by Crippen LogP contribution is 2.33. The van der Waals surface area contributed by atoms with E-state index in [2.05, 4.69) is 20.3 Å². The Bertz CT molecular complexity index is 986. The van der Waals surface area contributed by atoms with Gasteiger partial charge in [-0.25, -0.2) is 9.97 Å². The van der Waals surface area contributed by atoms with Crippen LogP contribution in [0.25, 0.3) is 0 Å². The minimum atomic E-state index is -4.64. The summed E-state index contributed by atoms with van der Waals surface area (Å²) in [5.41, 5.74) is 0.0326. The van der Waals surface area contributed by atoms with Crippen LogP contribution in [0.5, 0.6) is 0 Å². The molecule has 1 aliphatic rings. The van der Waals surface area contributed by atoms with Crippen molar-refractivity contribution in [2.24, 2.45) is 4.99 Å². The predicted octanol–water partition coefficient (Wildman–Crippen LogP) is 1.24. The van der Waals surface area contributed by atoms with Crippen LogP contribution in [0.2, 0.25) is 0 Å². The number of carboxylic acid groups (broad SMARTS) is 1. The zero-order valence-corrected chi connectivity index (χ0v) is 15.3. The number of anilines is 1. The average molecular weight is 406 g/mol. The quantitative estimate of drug-likeness (QED) is 0.821. The molecule has 1 aromatic heterocycles. The van der Waals surface area contributed by atoms with Crippen molar-refractivity contribution in [3.8, 4) is 0 Å². The second-order valence-electron chi connectivity index (χ2n) is 6.39. The van der Waals surface area contributed by atoms with Gasteiger partial charge in [-0.1, -0.05) is 6.07 Å². The topological polar surface area (TPSA) is 111 Å². The van der Waals surface area contributed by atoms with E-state index in [4.69, 9.17) is 0 Å². The fourth-order valence-electron chi connectivity index (χ4n) is 2.91. The Kier molecular flexibility index (Phi) is 5.23. The zero-order valence-electron chi connectivity index (χ0n) is 15.3. The fraction of sp³-hybridized carbons (Fsp3) is 0.278. The number of carbonyl (C=O) groups is 2. The van der Waals surface area contributed by atoms with Gasteiger partial charge in [-0.15, -0.1) is 0 Å². The van der Waals surface area contributed by atoms with Crippen molar-refractivity contribution in [3.05, 3.63) is 47.3 Å².